The molecule has 2 unspecified atom stereocenters. The standard InChI is InChI=1S/C29H36N6O2/c1-22(36)34-18-14-26-7-8-27(35(26)19-23-11-15-30-16-12-23)21-33(20-24-5-3-4-6-28(24)34)29(37)10-9-25-13-17-31-32(25)2/h3-6,11-13,15-17,26-27H,7-10,14,18-21H2,1-2H3. The van der Waals surface area contributed by atoms with Gasteiger partial charge in [-0.1, -0.05) is 18.2 Å². The Morgan fingerprint density at radius 2 is 1.76 bits per heavy atom. The summed E-state index contributed by atoms with van der Waals surface area (Å²) in [4.78, 5) is 37.2. The summed E-state index contributed by atoms with van der Waals surface area (Å²) in [7, 11) is 1.91. The number of anilines is 1. The molecule has 2 aliphatic rings. The Labute approximate surface area is 218 Å². The second-order valence-electron chi connectivity index (χ2n) is 10.2. The van der Waals surface area contributed by atoms with Crippen LogP contribution >= 0.6 is 0 Å². The molecule has 1 aromatic carbocycles. The first-order valence-corrected chi connectivity index (χ1v) is 13.2. The van der Waals surface area contributed by atoms with E-state index >= 15 is 0 Å². The highest BCUT2D eigenvalue weighted by Gasteiger charge is 2.36. The van der Waals surface area contributed by atoms with Crippen molar-refractivity contribution in [2.75, 3.05) is 18.0 Å². The summed E-state index contributed by atoms with van der Waals surface area (Å²) < 4.78 is 1.83. The van der Waals surface area contributed by atoms with Crippen molar-refractivity contribution in [2.45, 2.75) is 64.2 Å². The number of pyridine rings is 1. The summed E-state index contributed by atoms with van der Waals surface area (Å²) in [6.07, 6.45) is 9.56. The maximum Gasteiger partial charge on any atom is 0.223 e. The maximum atomic E-state index is 13.7. The molecule has 2 bridgehead atoms. The van der Waals surface area contributed by atoms with Gasteiger partial charge in [0.25, 0.3) is 0 Å². The average Bonchev–Trinajstić information content (AvgIpc) is 3.47. The van der Waals surface area contributed by atoms with E-state index in [4.69, 9.17) is 0 Å². The van der Waals surface area contributed by atoms with Crippen LogP contribution in [0.5, 0.6) is 0 Å². The SMILES string of the molecule is CC(=O)N1CCC2CCC(CN(C(=O)CCc3ccnn3C)Cc3ccccc31)N2Cc1ccncc1. The van der Waals surface area contributed by atoms with Crippen LogP contribution in [-0.4, -0.2) is 61.6 Å². The van der Waals surface area contributed by atoms with Crippen molar-refractivity contribution in [1.29, 1.82) is 0 Å². The normalized spacial score (nSPS) is 20.4. The van der Waals surface area contributed by atoms with Crippen molar-refractivity contribution in [3.8, 4) is 0 Å². The van der Waals surface area contributed by atoms with Crippen LogP contribution in [0.4, 0.5) is 5.69 Å². The predicted octanol–water partition coefficient (Wildman–Crippen LogP) is 3.57. The highest BCUT2D eigenvalue weighted by Crippen LogP contribution is 2.32. The number of rotatable bonds is 5. The molecule has 0 spiro atoms. The molecule has 3 aromatic rings. The Morgan fingerprint density at radius 3 is 2.51 bits per heavy atom. The minimum atomic E-state index is 0.0380. The van der Waals surface area contributed by atoms with Gasteiger partial charge in [0.1, 0.15) is 0 Å². The van der Waals surface area contributed by atoms with E-state index in [0.717, 1.165) is 42.8 Å². The summed E-state index contributed by atoms with van der Waals surface area (Å²) in [6.45, 7) is 4.31. The number of nitrogens with zero attached hydrogens (tertiary/aromatic N) is 6. The summed E-state index contributed by atoms with van der Waals surface area (Å²) >= 11 is 0. The van der Waals surface area contributed by atoms with Gasteiger partial charge in [-0.2, -0.15) is 5.10 Å². The van der Waals surface area contributed by atoms with Gasteiger partial charge in [0.05, 0.1) is 0 Å². The maximum absolute atomic E-state index is 13.7. The number of fused-ring (bicyclic) bond motifs is 3. The highest BCUT2D eigenvalue weighted by molar-refractivity contribution is 5.92. The Morgan fingerprint density at radius 1 is 0.973 bits per heavy atom. The zero-order valence-electron chi connectivity index (χ0n) is 21.8. The van der Waals surface area contributed by atoms with E-state index in [1.165, 1.54) is 5.56 Å². The largest absolute Gasteiger partial charge is 0.337 e. The molecule has 0 radical (unpaired) electrons. The first kappa shape index (κ1) is 25.1. The minimum absolute atomic E-state index is 0.0380. The van der Waals surface area contributed by atoms with Crippen LogP contribution in [0.25, 0.3) is 0 Å². The molecule has 194 valence electrons. The second kappa shape index (κ2) is 11.3. The summed E-state index contributed by atoms with van der Waals surface area (Å²) in [6, 6.07) is 14.8. The molecule has 8 nitrogen and oxygen atoms in total. The van der Waals surface area contributed by atoms with Gasteiger partial charge in [-0.05, 0) is 61.1 Å². The third-order valence-corrected chi connectivity index (χ3v) is 7.90. The fourth-order valence-corrected chi connectivity index (χ4v) is 5.87. The van der Waals surface area contributed by atoms with Crippen LogP contribution in [0.2, 0.25) is 0 Å². The number of carbonyl (C=O) groups is 2. The van der Waals surface area contributed by atoms with E-state index in [9.17, 15) is 9.59 Å². The summed E-state index contributed by atoms with van der Waals surface area (Å²) in [5.74, 6) is 0.174. The predicted molar refractivity (Wildman–Crippen MR) is 143 cm³/mol. The number of aryl methyl sites for hydroxylation is 2. The molecule has 4 heterocycles. The van der Waals surface area contributed by atoms with Gasteiger partial charge in [0.15, 0.2) is 0 Å². The van der Waals surface area contributed by atoms with Gasteiger partial charge in [0.2, 0.25) is 11.8 Å². The van der Waals surface area contributed by atoms with Crippen molar-refractivity contribution in [3.05, 3.63) is 77.9 Å². The number of hydrogen-bond acceptors (Lipinski definition) is 5. The van der Waals surface area contributed by atoms with Crippen LogP contribution < -0.4 is 4.90 Å². The molecule has 2 aliphatic heterocycles. The van der Waals surface area contributed by atoms with Crippen LogP contribution in [0.3, 0.4) is 0 Å². The van der Waals surface area contributed by atoms with Crippen molar-refractivity contribution in [1.82, 2.24) is 24.6 Å². The van der Waals surface area contributed by atoms with E-state index in [0.29, 0.717) is 38.5 Å². The number of carbonyl (C=O) groups excluding carboxylic acids is 2. The van der Waals surface area contributed by atoms with Gasteiger partial charge < -0.3 is 9.80 Å². The summed E-state index contributed by atoms with van der Waals surface area (Å²) in [5.41, 5.74) is 4.21. The zero-order chi connectivity index (χ0) is 25.8. The smallest absolute Gasteiger partial charge is 0.223 e. The van der Waals surface area contributed by atoms with Crippen molar-refractivity contribution in [3.63, 3.8) is 0 Å². The Hall–Kier alpha value is -3.52. The number of aromatic nitrogens is 3. The van der Waals surface area contributed by atoms with Gasteiger partial charge in [-0.3, -0.25) is 24.2 Å². The molecule has 0 N–H and O–H groups in total. The molecule has 2 atom stereocenters. The minimum Gasteiger partial charge on any atom is -0.337 e. The first-order valence-electron chi connectivity index (χ1n) is 13.2. The van der Waals surface area contributed by atoms with Crippen molar-refractivity contribution in [2.24, 2.45) is 7.05 Å². The third kappa shape index (κ3) is 5.74. The van der Waals surface area contributed by atoms with Crippen LogP contribution in [0.1, 0.15) is 49.4 Å². The topological polar surface area (TPSA) is 74.6 Å². The van der Waals surface area contributed by atoms with Crippen molar-refractivity contribution >= 4 is 17.5 Å². The molecule has 0 aliphatic carbocycles. The van der Waals surface area contributed by atoms with Gasteiger partial charge >= 0.3 is 0 Å². The average molecular weight is 501 g/mol. The molecular weight excluding hydrogens is 464 g/mol. The van der Waals surface area contributed by atoms with Crippen LogP contribution in [0.15, 0.2) is 61.1 Å². The zero-order valence-corrected chi connectivity index (χ0v) is 21.8. The van der Waals surface area contributed by atoms with E-state index in [2.05, 4.69) is 33.2 Å². The third-order valence-electron chi connectivity index (χ3n) is 7.90. The fraction of sp³-hybridized carbons (Fsp3) is 0.448. The molecule has 0 saturated carbocycles. The number of amides is 2. The lowest BCUT2D eigenvalue weighted by atomic mass is 10.1. The molecule has 1 saturated heterocycles. The molecule has 2 amide bonds. The molecule has 37 heavy (non-hydrogen) atoms. The number of benzene rings is 1. The molecular formula is C29H36N6O2. The van der Waals surface area contributed by atoms with E-state index in [1.807, 2.05) is 58.2 Å². The quantitative estimate of drug-likeness (QED) is 0.536. The molecule has 5 rings (SSSR count). The van der Waals surface area contributed by atoms with Gasteiger partial charge in [-0.15, -0.1) is 0 Å². The van der Waals surface area contributed by atoms with Crippen LogP contribution in [0, 0.1) is 0 Å². The number of para-hydroxylation sites is 1. The first-order chi connectivity index (χ1) is 18.0. The Kier molecular flexibility index (Phi) is 7.65. The fourth-order valence-electron chi connectivity index (χ4n) is 5.87. The van der Waals surface area contributed by atoms with Gasteiger partial charge in [0, 0.05) is 88.6 Å². The monoisotopic (exact) mass is 500 g/mol. The lowest BCUT2D eigenvalue weighted by Gasteiger charge is -2.34. The van der Waals surface area contributed by atoms with E-state index < -0.39 is 0 Å². The molecule has 1 fully saturated rings. The Balaban J connectivity index is 1.46. The molecule has 8 heteroatoms. The Bertz CT molecular complexity index is 1230. The molecule has 2 aromatic heterocycles. The lowest BCUT2D eigenvalue weighted by Crippen LogP contribution is -2.45. The van der Waals surface area contributed by atoms with E-state index in [1.54, 1.807) is 13.1 Å². The van der Waals surface area contributed by atoms with E-state index in [-0.39, 0.29) is 17.9 Å². The van der Waals surface area contributed by atoms with Crippen LogP contribution in [-0.2, 0) is 36.1 Å². The highest BCUT2D eigenvalue weighted by atomic mass is 16.2. The summed E-state index contributed by atoms with van der Waals surface area (Å²) in [5, 5.41) is 4.25. The van der Waals surface area contributed by atoms with Gasteiger partial charge in [-0.25, -0.2) is 0 Å². The van der Waals surface area contributed by atoms with Crippen molar-refractivity contribution < 1.29 is 9.59 Å². The number of hydrogen-bond donors (Lipinski definition) is 0. The lowest BCUT2D eigenvalue weighted by molar-refractivity contribution is -0.132. The second-order valence-corrected chi connectivity index (χ2v) is 10.2.